The van der Waals surface area contributed by atoms with Gasteiger partial charge in [0, 0.05) is 37.2 Å². The van der Waals surface area contributed by atoms with Gasteiger partial charge in [0.25, 0.3) is 0 Å². The van der Waals surface area contributed by atoms with Crippen molar-refractivity contribution in [1.82, 2.24) is 20.6 Å². The van der Waals surface area contributed by atoms with E-state index in [1.54, 1.807) is 0 Å². The van der Waals surface area contributed by atoms with E-state index in [0.717, 1.165) is 22.3 Å². The Bertz CT molecular complexity index is 1150. The van der Waals surface area contributed by atoms with Crippen LogP contribution < -0.4 is 10.6 Å². The van der Waals surface area contributed by atoms with Crippen molar-refractivity contribution < 1.29 is 29.3 Å². The number of benzene rings is 2. The molecule has 1 aliphatic rings. The summed E-state index contributed by atoms with van der Waals surface area (Å²) in [6, 6.07) is 15.0. The third-order valence-electron chi connectivity index (χ3n) is 5.93. The molecule has 2 aromatic carbocycles. The molecular formula is C25H26N4O6. The number of alkyl carbamates (subject to hydrolysis) is 1. The summed E-state index contributed by atoms with van der Waals surface area (Å²) in [5.41, 5.74) is 4.99. The molecule has 0 bridgehead atoms. The number of aliphatic hydroxyl groups excluding tert-OH is 1. The fourth-order valence-electron chi connectivity index (χ4n) is 4.19. The van der Waals surface area contributed by atoms with E-state index >= 15 is 0 Å². The Labute approximate surface area is 201 Å². The SMILES string of the molecule is O=C(NC(Cc1cnc[nH]1)C(=O)NCCC(O)C(=O)O)OCC1c2ccccc2-c2ccccc21. The minimum absolute atomic E-state index is 0.0713. The molecule has 35 heavy (non-hydrogen) atoms. The van der Waals surface area contributed by atoms with Crippen LogP contribution in [-0.4, -0.2) is 63.4 Å². The van der Waals surface area contributed by atoms with Gasteiger partial charge in [0.05, 0.1) is 6.33 Å². The Balaban J connectivity index is 1.39. The van der Waals surface area contributed by atoms with Crippen LogP contribution in [0.3, 0.4) is 0 Å². The Morgan fingerprint density at radius 3 is 2.31 bits per heavy atom. The average molecular weight is 479 g/mol. The fourth-order valence-corrected chi connectivity index (χ4v) is 4.19. The van der Waals surface area contributed by atoms with Gasteiger partial charge in [-0.3, -0.25) is 4.79 Å². The number of ether oxygens (including phenoxy) is 1. The highest BCUT2D eigenvalue weighted by atomic mass is 16.5. The second-order valence-corrected chi connectivity index (χ2v) is 8.24. The van der Waals surface area contributed by atoms with E-state index in [1.807, 2.05) is 48.5 Å². The smallest absolute Gasteiger partial charge is 0.407 e. The van der Waals surface area contributed by atoms with Gasteiger partial charge in [0.1, 0.15) is 12.6 Å². The molecule has 1 aromatic heterocycles. The maximum absolute atomic E-state index is 12.7. The molecule has 0 saturated heterocycles. The zero-order chi connectivity index (χ0) is 24.8. The average Bonchev–Trinajstić information content (AvgIpc) is 3.48. The van der Waals surface area contributed by atoms with E-state index in [1.165, 1.54) is 12.5 Å². The van der Waals surface area contributed by atoms with E-state index in [-0.39, 0.29) is 31.9 Å². The van der Waals surface area contributed by atoms with Crippen molar-refractivity contribution in [3.8, 4) is 11.1 Å². The minimum atomic E-state index is -1.59. The quantitative estimate of drug-likeness (QED) is 0.298. The molecule has 0 aliphatic heterocycles. The van der Waals surface area contributed by atoms with Gasteiger partial charge < -0.3 is 30.6 Å². The van der Waals surface area contributed by atoms with Gasteiger partial charge >= 0.3 is 12.1 Å². The summed E-state index contributed by atoms with van der Waals surface area (Å²) in [6.45, 7) is 0.0290. The number of H-pyrrole nitrogens is 1. The number of aliphatic hydroxyl groups is 1. The van der Waals surface area contributed by atoms with E-state index in [4.69, 9.17) is 9.84 Å². The Hall–Kier alpha value is -4.18. The standard InChI is InChI=1S/C25H26N4O6/c30-22(24(32)33)9-10-27-23(31)21(11-15-12-26-14-28-15)29-25(34)35-13-20-18-7-3-1-5-16(18)17-6-2-4-8-19(17)20/h1-8,12,14,20-22,30H,9-11,13H2,(H,26,28)(H,27,31)(H,29,34)(H,32,33). The number of rotatable bonds is 10. The van der Waals surface area contributed by atoms with Crippen LogP contribution in [0.2, 0.25) is 0 Å². The number of carbonyl (C=O) groups excluding carboxylic acids is 2. The number of hydrogen-bond acceptors (Lipinski definition) is 6. The Morgan fingerprint density at radius 1 is 1.06 bits per heavy atom. The molecule has 0 radical (unpaired) electrons. The summed E-state index contributed by atoms with van der Waals surface area (Å²) in [6.07, 6.45) is 0.614. The number of nitrogens with one attached hydrogen (secondary N) is 3. The zero-order valence-electron chi connectivity index (χ0n) is 18.8. The number of aliphatic carboxylic acids is 1. The van der Waals surface area contributed by atoms with Crippen molar-refractivity contribution in [2.75, 3.05) is 13.2 Å². The summed E-state index contributed by atoms with van der Waals surface area (Å²) < 4.78 is 5.54. The highest BCUT2D eigenvalue weighted by Crippen LogP contribution is 2.44. The van der Waals surface area contributed by atoms with Crippen LogP contribution >= 0.6 is 0 Å². The normalized spacial score (nSPS) is 13.9. The lowest BCUT2D eigenvalue weighted by molar-refractivity contribution is -0.147. The molecule has 0 spiro atoms. The van der Waals surface area contributed by atoms with Gasteiger partial charge in [-0.15, -0.1) is 0 Å². The zero-order valence-corrected chi connectivity index (χ0v) is 18.8. The van der Waals surface area contributed by atoms with Crippen molar-refractivity contribution in [3.05, 3.63) is 77.9 Å². The summed E-state index contributed by atoms with van der Waals surface area (Å²) in [5.74, 6) is -2.03. The van der Waals surface area contributed by atoms with E-state index in [9.17, 15) is 19.5 Å². The molecule has 3 aromatic rings. The predicted octanol–water partition coefficient (Wildman–Crippen LogP) is 1.81. The number of carboxylic acid groups (broad SMARTS) is 1. The third kappa shape index (κ3) is 5.67. The number of aromatic amines is 1. The topological polar surface area (TPSA) is 154 Å². The van der Waals surface area contributed by atoms with Gasteiger partial charge in [-0.2, -0.15) is 0 Å². The number of carboxylic acids is 1. The van der Waals surface area contributed by atoms with Crippen molar-refractivity contribution in [3.63, 3.8) is 0 Å². The molecule has 10 heteroatoms. The maximum Gasteiger partial charge on any atom is 0.407 e. The van der Waals surface area contributed by atoms with Crippen LogP contribution in [-0.2, 0) is 20.7 Å². The molecule has 4 rings (SSSR count). The first kappa shape index (κ1) is 24.0. The third-order valence-corrected chi connectivity index (χ3v) is 5.93. The molecule has 0 saturated carbocycles. The summed E-state index contributed by atoms with van der Waals surface area (Å²) >= 11 is 0. The molecule has 0 fully saturated rings. The number of carbonyl (C=O) groups is 3. The number of nitrogens with zero attached hydrogens (tertiary/aromatic N) is 1. The number of fused-ring (bicyclic) bond motifs is 3. The van der Waals surface area contributed by atoms with E-state index in [2.05, 4.69) is 20.6 Å². The number of hydrogen-bond donors (Lipinski definition) is 5. The fraction of sp³-hybridized carbons (Fsp3) is 0.280. The number of aromatic nitrogens is 2. The molecule has 2 amide bonds. The lowest BCUT2D eigenvalue weighted by Crippen LogP contribution is -2.49. The van der Waals surface area contributed by atoms with Crippen LogP contribution in [0.5, 0.6) is 0 Å². The van der Waals surface area contributed by atoms with Gasteiger partial charge in [-0.1, -0.05) is 48.5 Å². The first-order chi connectivity index (χ1) is 16.9. The van der Waals surface area contributed by atoms with Gasteiger partial charge in [-0.25, -0.2) is 14.6 Å². The van der Waals surface area contributed by atoms with Crippen LogP contribution in [0.25, 0.3) is 11.1 Å². The van der Waals surface area contributed by atoms with Crippen LogP contribution in [0.1, 0.15) is 29.2 Å². The van der Waals surface area contributed by atoms with Crippen molar-refractivity contribution in [2.45, 2.75) is 30.9 Å². The first-order valence-corrected chi connectivity index (χ1v) is 11.2. The van der Waals surface area contributed by atoms with Gasteiger partial charge in [-0.05, 0) is 22.3 Å². The Morgan fingerprint density at radius 2 is 1.71 bits per heavy atom. The summed E-state index contributed by atoms with van der Waals surface area (Å²) in [5, 5.41) is 23.3. The molecule has 2 atom stereocenters. The molecule has 182 valence electrons. The van der Waals surface area contributed by atoms with Crippen LogP contribution in [0, 0.1) is 0 Å². The first-order valence-electron chi connectivity index (χ1n) is 11.2. The van der Waals surface area contributed by atoms with Crippen molar-refractivity contribution in [2.24, 2.45) is 0 Å². The lowest BCUT2D eigenvalue weighted by Gasteiger charge is -2.19. The molecule has 2 unspecified atom stereocenters. The monoisotopic (exact) mass is 478 g/mol. The molecular weight excluding hydrogens is 452 g/mol. The molecule has 1 aliphatic carbocycles. The number of imidazole rings is 1. The predicted molar refractivity (Wildman–Crippen MR) is 126 cm³/mol. The largest absolute Gasteiger partial charge is 0.479 e. The van der Waals surface area contributed by atoms with Crippen LogP contribution in [0.15, 0.2) is 61.1 Å². The molecule has 10 nitrogen and oxygen atoms in total. The Kier molecular flexibility index (Phi) is 7.41. The maximum atomic E-state index is 12.7. The summed E-state index contributed by atoms with van der Waals surface area (Å²) in [4.78, 5) is 42.9. The lowest BCUT2D eigenvalue weighted by atomic mass is 9.98. The van der Waals surface area contributed by atoms with Crippen molar-refractivity contribution in [1.29, 1.82) is 0 Å². The summed E-state index contributed by atoms with van der Waals surface area (Å²) in [7, 11) is 0. The van der Waals surface area contributed by atoms with Crippen molar-refractivity contribution >= 4 is 18.0 Å². The van der Waals surface area contributed by atoms with Crippen LogP contribution in [0.4, 0.5) is 4.79 Å². The van der Waals surface area contributed by atoms with Gasteiger partial charge in [0.15, 0.2) is 6.10 Å². The van der Waals surface area contributed by atoms with E-state index < -0.39 is 30.1 Å². The molecule has 1 heterocycles. The second-order valence-electron chi connectivity index (χ2n) is 8.24. The minimum Gasteiger partial charge on any atom is -0.479 e. The second kappa shape index (κ2) is 10.8. The number of amides is 2. The highest BCUT2D eigenvalue weighted by Gasteiger charge is 2.30. The highest BCUT2D eigenvalue weighted by molar-refractivity contribution is 5.86. The van der Waals surface area contributed by atoms with E-state index in [0.29, 0.717) is 5.69 Å². The van der Waals surface area contributed by atoms with Gasteiger partial charge in [0.2, 0.25) is 5.91 Å². The molecule has 5 N–H and O–H groups in total.